The van der Waals surface area contributed by atoms with Gasteiger partial charge < -0.3 is 15.2 Å². The zero-order chi connectivity index (χ0) is 14.5. The van der Waals surface area contributed by atoms with Crippen LogP contribution in [0.4, 0.5) is 4.39 Å². The molecule has 19 heavy (non-hydrogen) atoms. The third kappa shape index (κ3) is 5.17. The Morgan fingerprint density at radius 3 is 2.63 bits per heavy atom. The summed E-state index contributed by atoms with van der Waals surface area (Å²) in [6.45, 7) is 6.25. The second-order valence-electron chi connectivity index (χ2n) is 5.47. The number of rotatable bonds is 7. The molecule has 108 valence electrons. The summed E-state index contributed by atoms with van der Waals surface area (Å²) in [4.78, 5) is 0. The van der Waals surface area contributed by atoms with Crippen LogP contribution in [0.3, 0.4) is 0 Å². The third-order valence-corrected chi connectivity index (χ3v) is 3.09. The fraction of sp³-hybridized carbons (Fsp3) is 0.600. The summed E-state index contributed by atoms with van der Waals surface area (Å²) in [7, 11) is 1.66. The Morgan fingerprint density at radius 1 is 1.37 bits per heavy atom. The van der Waals surface area contributed by atoms with E-state index in [4.69, 9.17) is 15.2 Å². The van der Waals surface area contributed by atoms with Crippen molar-refractivity contribution in [3.8, 4) is 5.75 Å². The highest BCUT2D eigenvalue weighted by molar-refractivity contribution is 5.35. The van der Waals surface area contributed by atoms with Gasteiger partial charge >= 0.3 is 0 Å². The molecule has 1 aromatic rings. The molecule has 1 atom stereocenters. The van der Waals surface area contributed by atoms with Crippen molar-refractivity contribution in [1.29, 1.82) is 0 Å². The van der Waals surface area contributed by atoms with Crippen molar-refractivity contribution < 1.29 is 13.9 Å². The molecule has 1 unspecified atom stereocenters. The topological polar surface area (TPSA) is 44.5 Å². The summed E-state index contributed by atoms with van der Waals surface area (Å²) in [5.74, 6) is -0.0277. The lowest BCUT2D eigenvalue weighted by Gasteiger charge is -2.23. The fourth-order valence-corrected chi connectivity index (χ4v) is 1.72. The number of para-hydroxylation sites is 1. The van der Waals surface area contributed by atoms with E-state index in [2.05, 4.69) is 0 Å². The highest BCUT2D eigenvalue weighted by Crippen LogP contribution is 2.25. The van der Waals surface area contributed by atoms with Gasteiger partial charge in [0.15, 0.2) is 11.6 Å². The number of nitrogens with two attached hydrogens (primary N) is 1. The van der Waals surface area contributed by atoms with Crippen LogP contribution in [0.1, 0.15) is 32.8 Å². The van der Waals surface area contributed by atoms with Crippen LogP contribution >= 0.6 is 0 Å². The van der Waals surface area contributed by atoms with Crippen molar-refractivity contribution >= 4 is 0 Å². The normalized spacial score (nSPS) is 13.4. The zero-order valence-corrected chi connectivity index (χ0v) is 12.2. The first-order chi connectivity index (χ1) is 8.85. The quantitative estimate of drug-likeness (QED) is 0.827. The Hall–Kier alpha value is -1.13. The number of ether oxygens (including phenoxy) is 2. The lowest BCUT2D eigenvalue weighted by Crippen LogP contribution is -2.25. The Balaban J connectivity index is 2.71. The molecule has 0 heterocycles. The molecule has 0 radical (unpaired) electrons. The summed E-state index contributed by atoms with van der Waals surface area (Å²) in [6, 6.07) is 4.91. The van der Waals surface area contributed by atoms with Gasteiger partial charge in [-0.15, -0.1) is 0 Å². The highest BCUT2D eigenvalue weighted by Gasteiger charge is 2.17. The number of methoxy groups -OCH3 is 1. The maximum absolute atomic E-state index is 13.8. The Kier molecular flexibility index (Phi) is 5.76. The minimum absolute atomic E-state index is 0.0282. The molecule has 3 nitrogen and oxygen atoms in total. The molecule has 0 aliphatic rings. The Bertz CT molecular complexity index is 405. The van der Waals surface area contributed by atoms with Crippen molar-refractivity contribution in [2.45, 2.75) is 45.3 Å². The largest absolute Gasteiger partial charge is 0.490 e. The SMILES string of the molecule is COC(C)(C)CCOc1c(F)cccc1CC(C)N. The predicted octanol–water partition coefficient (Wildman–Crippen LogP) is 2.91. The van der Waals surface area contributed by atoms with Gasteiger partial charge in [0, 0.05) is 19.6 Å². The first kappa shape index (κ1) is 15.9. The molecule has 0 saturated heterocycles. The van der Waals surface area contributed by atoms with Gasteiger partial charge in [-0.3, -0.25) is 0 Å². The van der Waals surface area contributed by atoms with Gasteiger partial charge in [0.2, 0.25) is 0 Å². The monoisotopic (exact) mass is 269 g/mol. The molecule has 1 aromatic carbocycles. The maximum Gasteiger partial charge on any atom is 0.165 e. The van der Waals surface area contributed by atoms with Crippen molar-refractivity contribution in [1.82, 2.24) is 0 Å². The standard InChI is InChI=1S/C15H24FNO2/c1-11(17)10-12-6-5-7-13(16)14(12)19-9-8-15(2,3)18-4/h5-7,11H,8-10,17H2,1-4H3. The molecule has 2 N–H and O–H groups in total. The zero-order valence-electron chi connectivity index (χ0n) is 12.2. The van der Waals surface area contributed by atoms with E-state index in [9.17, 15) is 4.39 Å². The molecule has 0 aliphatic carbocycles. The van der Waals surface area contributed by atoms with Crippen LogP contribution in [-0.4, -0.2) is 25.4 Å². The average Bonchev–Trinajstić information content (AvgIpc) is 2.32. The summed E-state index contributed by atoms with van der Waals surface area (Å²) in [6.07, 6.45) is 1.29. The Morgan fingerprint density at radius 2 is 2.05 bits per heavy atom. The molecule has 0 aromatic heterocycles. The molecule has 4 heteroatoms. The van der Waals surface area contributed by atoms with Gasteiger partial charge in [0.1, 0.15) is 0 Å². The van der Waals surface area contributed by atoms with Crippen LogP contribution < -0.4 is 10.5 Å². The van der Waals surface area contributed by atoms with E-state index >= 15 is 0 Å². The van der Waals surface area contributed by atoms with E-state index in [-0.39, 0.29) is 17.5 Å². The summed E-state index contributed by atoms with van der Waals surface area (Å²) >= 11 is 0. The van der Waals surface area contributed by atoms with Crippen LogP contribution in [-0.2, 0) is 11.2 Å². The second-order valence-corrected chi connectivity index (χ2v) is 5.47. The lowest BCUT2D eigenvalue weighted by atomic mass is 10.1. The minimum Gasteiger partial charge on any atom is -0.490 e. The van der Waals surface area contributed by atoms with Crippen LogP contribution in [0.25, 0.3) is 0 Å². The van der Waals surface area contributed by atoms with Crippen molar-refractivity contribution in [3.05, 3.63) is 29.6 Å². The summed E-state index contributed by atoms with van der Waals surface area (Å²) < 4.78 is 24.7. The van der Waals surface area contributed by atoms with Crippen molar-refractivity contribution in [3.63, 3.8) is 0 Å². The van der Waals surface area contributed by atoms with E-state index < -0.39 is 0 Å². The number of hydrogen-bond acceptors (Lipinski definition) is 3. The van der Waals surface area contributed by atoms with E-state index in [1.54, 1.807) is 13.2 Å². The van der Waals surface area contributed by atoms with Gasteiger partial charge in [-0.05, 0) is 38.8 Å². The summed E-state index contributed by atoms with van der Waals surface area (Å²) in [5.41, 5.74) is 6.30. The van der Waals surface area contributed by atoms with Crippen LogP contribution in [0.15, 0.2) is 18.2 Å². The van der Waals surface area contributed by atoms with Gasteiger partial charge in [0.25, 0.3) is 0 Å². The van der Waals surface area contributed by atoms with Crippen LogP contribution in [0, 0.1) is 5.82 Å². The van der Waals surface area contributed by atoms with Gasteiger partial charge in [-0.2, -0.15) is 0 Å². The summed E-state index contributed by atoms with van der Waals surface area (Å²) in [5, 5.41) is 0. The lowest BCUT2D eigenvalue weighted by molar-refractivity contribution is 0.00504. The maximum atomic E-state index is 13.8. The predicted molar refractivity (Wildman–Crippen MR) is 75.0 cm³/mol. The Labute approximate surface area is 114 Å². The first-order valence-electron chi connectivity index (χ1n) is 6.56. The van der Waals surface area contributed by atoms with Crippen LogP contribution in [0.5, 0.6) is 5.75 Å². The first-order valence-corrected chi connectivity index (χ1v) is 6.56. The van der Waals surface area contributed by atoms with Gasteiger partial charge in [-0.1, -0.05) is 12.1 Å². The molecule has 1 rings (SSSR count). The highest BCUT2D eigenvalue weighted by atomic mass is 19.1. The van der Waals surface area contributed by atoms with E-state index in [0.29, 0.717) is 25.2 Å². The van der Waals surface area contributed by atoms with Crippen LogP contribution in [0.2, 0.25) is 0 Å². The molecule has 0 spiro atoms. The van der Waals surface area contributed by atoms with Gasteiger partial charge in [0.05, 0.1) is 12.2 Å². The van der Waals surface area contributed by atoms with Crippen molar-refractivity contribution in [2.24, 2.45) is 5.73 Å². The van der Waals surface area contributed by atoms with E-state index in [0.717, 1.165) is 5.56 Å². The fourth-order valence-electron chi connectivity index (χ4n) is 1.72. The number of halogens is 1. The molecule has 0 fully saturated rings. The smallest absolute Gasteiger partial charge is 0.165 e. The molecular formula is C15H24FNO2. The number of benzene rings is 1. The van der Waals surface area contributed by atoms with E-state index in [1.807, 2.05) is 26.8 Å². The van der Waals surface area contributed by atoms with E-state index in [1.165, 1.54) is 6.07 Å². The minimum atomic E-state index is -0.339. The van der Waals surface area contributed by atoms with Crippen molar-refractivity contribution in [2.75, 3.05) is 13.7 Å². The molecule has 0 bridgehead atoms. The van der Waals surface area contributed by atoms with Gasteiger partial charge in [-0.25, -0.2) is 4.39 Å². The molecular weight excluding hydrogens is 245 g/mol. The molecule has 0 amide bonds. The number of hydrogen-bond donors (Lipinski definition) is 1. The average molecular weight is 269 g/mol. The molecule has 0 saturated carbocycles. The molecule has 0 aliphatic heterocycles. The second kappa shape index (κ2) is 6.87. The third-order valence-electron chi connectivity index (χ3n) is 3.09.